The average Bonchev–Trinajstić information content (AvgIpc) is 2.97. The molecule has 0 fully saturated rings. The van der Waals surface area contributed by atoms with Gasteiger partial charge in [0.05, 0.1) is 19.8 Å². The highest BCUT2D eigenvalue weighted by Gasteiger charge is 2.14. The summed E-state index contributed by atoms with van der Waals surface area (Å²) in [5.41, 5.74) is 0. The van der Waals surface area contributed by atoms with Crippen molar-refractivity contribution in [2.75, 3.05) is 46.7 Å². The molecule has 0 radical (unpaired) electrons. The minimum atomic E-state index is -0.315. The van der Waals surface area contributed by atoms with Gasteiger partial charge < -0.3 is 24.3 Å². The Morgan fingerprint density at radius 2 is 0.976 bits per heavy atom. The van der Waals surface area contributed by atoms with Gasteiger partial charge in [0.1, 0.15) is 6.10 Å². The van der Waals surface area contributed by atoms with E-state index in [1.807, 2.05) is 0 Å². The lowest BCUT2D eigenvalue weighted by Gasteiger charge is -2.18. The van der Waals surface area contributed by atoms with Crippen molar-refractivity contribution in [2.24, 2.45) is 0 Å². The fourth-order valence-electron chi connectivity index (χ4n) is 5.11. The molecular weight excluding hydrogens is 514 g/mol. The second kappa shape index (κ2) is 35.3. The van der Waals surface area contributed by atoms with Gasteiger partial charge in [-0.2, -0.15) is 0 Å². The predicted octanol–water partition coefficient (Wildman–Crippen LogP) is 10.2. The van der Waals surface area contributed by atoms with Crippen molar-refractivity contribution in [3.8, 4) is 0 Å². The Morgan fingerprint density at radius 3 is 1.51 bits per heavy atom. The molecule has 1 N–H and O–H groups in total. The van der Waals surface area contributed by atoms with Crippen molar-refractivity contribution in [2.45, 2.75) is 174 Å². The van der Waals surface area contributed by atoms with E-state index >= 15 is 0 Å². The van der Waals surface area contributed by atoms with Crippen LogP contribution in [0.15, 0.2) is 0 Å². The van der Waals surface area contributed by atoms with E-state index in [2.05, 4.69) is 19.2 Å². The Kier molecular flexibility index (Phi) is 34.6. The number of rotatable bonds is 34. The third-order valence-electron chi connectivity index (χ3n) is 7.80. The highest BCUT2D eigenvalue weighted by Crippen LogP contribution is 2.16. The molecule has 1 amide bonds. The first-order valence-electron chi connectivity index (χ1n) is 17.8. The molecule has 0 aliphatic rings. The summed E-state index contributed by atoms with van der Waals surface area (Å²) in [6, 6.07) is 0. The summed E-state index contributed by atoms with van der Waals surface area (Å²) in [6.45, 7) is 8.38. The monoisotopic (exact) mass is 586 g/mol. The van der Waals surface area contributed by atoms with Crippen LogP contribution in [-0.2, 0) is 18.9 Å². The van der Waals surface area contributed by atoms with E-state index in [9.17, 15) is 4.79 Å². The molecule has 41 heavy (non-hydrogen) atoms. The molecule has 0 rings (SSSR count). The fourth-order valence-corrected chi connectivity index (χ4v) is 5.11. The van der Waals surface area contributed by atoms with Crippen molar-refractivity contribution >= 4 is 6.09 Å². The first kappa shape index (κ1) is 40.1. The Balaban J connectivity index is 4.02. The van der Waals surface area contributed by atoms with E-state index in [-0.39, 0.29) is 12.2 Å². The second-order valence-electron chi connectivity index (χ2n) is 11.8. The van der Waals surface area contributed by atoms with Crippen LogP contribution < -0.4 is 5.32 Å². The second-order valence-corrected chi connectivity index (χ2v) is 11.8. The van der Waals surface area contributed by atoms with Gasteiger partial charge >= 0.3 is 6.09 Å². The standard InChI is InChI=1S/C35H71NO5/c1-4-6-8-10-12-14-15-16-17-19-21-23-26-34(41-35(37)36-28-25-30-40-33-32-38-3)27-31-39-29-24-22-20-18-13-11-9-7-5-2/h34H,4-33H2,1-3H3,(H,36,37). The van der Waals surface area contributed by atoms with Crippen LogP contribution in [0.4, 0.5) is 4.79 Å². The first-order valence-corrected chi connectivity index (χ1v) is 17.8. The topological polar surface area (TPSA) is 66.0 Å². The van der Waals surface area contributed by atoms with Gasteiger partial charge in [0, 0.05) is 33.3 Å². The summed E-state index contributed by atoms with van der Waals surface area (Å²) < 4.78 is 22.2. The largest absolute Gasteiger partial charge is 0.446 e. The smallest absolute Gasteiger partial charge is 0.407 e. The molecule has 6 heteroatoms. The number of nitrogens with one attached hydrogen (secondary N) is 1. The normalized spacial score (nSPS) is 12.1. The van der Waals surface area contributed by atoms with Gasteiger partial charge in [0.25, 0.3) is 0 Å². The molecule has 0 bridgehead atoms. The van der Waals surface area contributed by atoms with Gasteiger partial charge in [-0.15, -0.1) is 0 Å². The lowest BCUT2D eigenvalue weighted by atomic mass is 10.0. The number of amides is 1. The summed E-state index contributed by atoms with van der Waals surface area (Å²) in [6.07, 6.45) is 30.0. The Hall–Kier alpha value is -0.850. The molecule has 0 aromatic carbocycles. The van der Waals surface area contributed by atoms with Crippen molar-refractivity contribution < 1.29 is 23.7 Å². The highest BCUT2D eigenvalue weighted by molar-refractivity contribution is 5.67. The van der Waals surface area contributed by atoms with Gasteiger partial charge in [0.15, 0.2) is 0 Å². The van der Waals surface area contributed by atoms with Crippen molar-refractivity contribution in [1.82, 2.24) is 5.32 Å². The van der Waals surface area contributed by atoms with Crippen LogP contribution in [-0.4, -0.2) is 58.9 Å². The maximum Gasteiger partial charge on any atom is 0.407 e. The highest BCUT2D eigenvalue weighted by atomic mass is 16.6. The first-order chi connectivity index (χ1) is 20.2. The molecule has 0 heterocycles. The molecule has 0 aliphatic heterocycles. The van der Waals surface area contributed by atoms with Crippen molar-refractivity contribution in [1.29, 1.82) is 0 Å². The number of carbonyl (C=O) groups is 1. The zero-order chi connectivity index (χ0) is 29.9. The molecule has 1 unspecified atom stereocenters. The minimum absolute atomic E-state index is 0.0702. The molecule has 1 atom stereocenters. The van der Waals surface area contributed by atoms with E-state index < -0.39 is 0 Å². The number of alkyl carbamates (subject to hydrolysis) is 1. The lowest BCUT2D eigenvalue weighted by molar-refractivity contribution is 0.0510. The molecule has 0 aliphatic carbocycles. The van der Waals surface area contributed by atoms with Crippen molar-refractivity contribution in [3.63, 3.8) is 0 Å². The predicted molar refractivity (Wildman–Crippen MR) is 174 cm³/mol. The van der Waals surface area contributed by atoms with E-state index in [0.29, 0.717) is 33.0 Å². The van der Waals surface area contributed by atoms with Crippen LogP contribution in [0.25, 0.3) is 0 Å². The Bertz CT molecular complexity index is 477. The summed E-state index contributed by atoms with van der Waals surface area (Å²) in [5, 5.41) is 2.88. The van der Waals surface area contributed by atoms with Crippen LogP contribution in [0.3, 0.4) is 0 Å². The Morgan fingerprint density at radius 1 is 0.512 bits per heavy atom. The molecular formula is C35H71NO5. The zero-order valence-corrected chi connectivity index (χ0v) is 27.8. The van der Waals surface area contributed by atoms with E-state index in [1.54, 1.807) is 7.11 Å². The number of carbonyl (C=O) groups excluding carboxylic acids is 1. The van der Waals surface area contributed by atoms with Crippen LogP contribution in [0, 0.1) is 0 Å². The molecule has 0 aromatic heterocycles. The molecule has 0 aromatic rings. The quantitative estimate of drug-likeness (QED) is 0.0761. The fraction of sp³-hybridized carbons (Fsp3) is 0.971. The van der Waals surface area contributed by atoms with Crippen LogP contribution >= 0.6 is 0 Å². The third-order valence-corrected chi connectivity index (χ3v) is 7.80. The SMILES string of the molecule is CCCCCCCCCCCCCCC(CCOCCCCCCCCCCC)OC(=O)NCCCOCCOC. The van der Waals surface area contributed by atoms with Gasteiger partial charge in [-0.3, -0.25) is 0 Å². The van der Waals surface area contributed by atoms with E-state index in [0.717, 1.165) is 38.7 Å². The molecule has 0 saturated carbocycles. The summed E-state index contributed by atoms with van der Waals surface area (Å²) in [5.74, 6) is 0. The van der Waals surface area contributed by atoms with Gasteiger partial charge in [-0.25, -0.2) is 4.79 Å². The number of ether oxygens (including phenoxy) is 4. The number of hydrogen-bond acceptors (Lipinski definition) is 5. The number of unbranched alkanes of at least 4 members (excludes halogenated alkanes) is 19. The minimum Gasteiger partial charge on any atom is -0.446 e. The lowest BCUT2D eigenvalue weighted by Crippen LogP contribution is -2.31. The van der Waals surface area contributed by atoms with Crippen LogP contribution in [0.2, 0.25) is 0 Å². The van der Waals surface area contributed by atoms with E-state index in [1.165, 1.54) is 122 Å². The van der Waals surface area contributed by atoms with Gasteiger partial charge in [-0.05, 0) is 25.7 Å². The van der Waals surface area contributed by atoms with E-state index in [4.69, 9.17) is 18.9 Å². The number of methoxy groups -OCH3 is 1. The third kappa shape index (κ3) is 33.5. The van der Waals surface area contributed by atoms with Crippen LogP contribution in [0.5, 0.6) is 0 Å². The average molecular weight is 586 g/mol. The maximum atomic E-state index is 12.4. The molecule has 6 nitrogen and oxygen atoms in total. The van der Waals surface area contributed by atoms with Gasteiger partial charge in [0.2, 0.25) is 0 Å². The van der Waals surface area contributed by atoms with Crippen LogP contribution in [0.1, 0.15) is 168 Å². The van der Waals surface area contributed by atoms with Gasteiger partial charge in [-0.1, -0.05) is 136 Å². The summed E-state index contributed by atoms with van der Waals surface area (Å²) >= 11 is 0. The van der Waals surface area contributed by atoms with Crippen molar-refractivity contribution in [3.05, 3.63) is 0 Å². The summed E-state index contributed by atoms with van der Waals surface area (Å²) in [7, 11) is 1.66. The Labute approximate surface area is 255 Å². The summed E-state index contributed by atoms with van der Waals surface area (Å²) in [4.78, 5) is 12.4. The zero-order valence-electron chi connectivity index (χ0n) is 27.8. The maximum absolute atomic E-state index is 12.4. The number of hydrogen-bond donors (Lipinski definition) is 1. The molecule has 0 spiro atoms. The molecule has 246 valence electrons. The molecule has 0 saturated heterocycles.